The topological polar surface area (TPSA) is 63.6 Å². The van der Waals surface area contributed by atoms with Gasteiger partial charge in [-0.05, 0) is 17.2 Å². The third-order valence-corrected chi connectivity index (χ3v) is 2.97. The highest BCUT2D eigenvalue weighted by Gasteiger charge is 2.19. The average Bonchev–Trinajstić information content (AvgIpc) is 2.52. The molecule has 0 aliphatic carbocycles. The van der Waals surface area contributed by atoms with E-state index in [9.17, 15) is 14.7 Å². The minimum absolute atomic E-state index is 0.0553. The third-order valence-electron chi connectivity index (χ3n) is 2.97. The molecule has 0 bridgehead atoms. The van der Waals surface area contributed by atoms with Crippen LogP contribution in [0.2, 0.25) is 0 Å². The van der Waals surface area contributed by atoms with Crippen molar-refractivity contribution in [2.75, 3.05) is 7.11 Å². The molecule has 0 spiro atoms. The van der Waals surface area contributed by atoms with Crippen LogP contribution in [0.3, 0.4) is 0 Å². The highest BCUT2D eigenvalue weighted by atomic mass is 16.5. The first kappa shape index (κ1) is 14.5. The maximum atomic E-state index is 11.9. The molecule has 106 valence electrons. The van der Waals surface area contributed by atoms with Gasteiger partial charge in [0.15, 0.2) is 0 Å². The van der Waals surface area contributed by atoms with Crippen LogP contribution in [-0.4, -0.2) is 24.2 Å². The van der Waals surface area contributed by atoms with Crippen LogP contribution in [0.5, 0.6) is 0 Å². The zero-order valence-corrected chi connectivity index (χ0v) is 11.4. The van der Waals surface area contributed by atoms with E-state index in [1.165, 1.54) is 13.2 Å². The van der Waals surface area contributed by atoms with Crippen LogP contribution in [0, 0.1) is 0 Å². The molecule has 0 aromatic heterocycles. The fraction of sp³-hybridized carbons (Fsp3) is 0.0588. The van der Waals surface area contributed by atoms with E-state index in [1.54, 1.807) is 18.2 Å². The lowest BCUT2D eigenvalue weighted by Crippen LogP contribution is -2.11. The van der Waals surface area contributed by atoms with Gasteiger partial charge < -0.3 is 9.84 Å². The molecule has 0 heterocycles. The molecule has 0 unspecified atom stereocenters. The van der Waals surface area contributed by atoms with Crippen molar-refractivity contribution < 1.29 is 19.4 Å². The predicted molar refractivity (Wildman–Crippen MR) is 80.1 cm³/mol. The average molecular weight is 282 g/mol. The number of esters is 1. The first-order valence-corrected chi connectivity index (χ1v) is 6.31. The summed E-state index contributed by atoms with van der Waals surface area (Å²) in [5, 5.41) is 9.19. The monoisotopic (exact) mass is 282 g/mol. The quantitative estimate of drug-likeness (QED) is 0.690. The maximum Gasteiger partial charge on any atom is 0.339 e. The van der Waals surface area contributed by atoms with Crippen molar-refractivity contribution in [2.24, 2.45) is 0 Å². The number of carbonyl (C=O) groups is 2. The molecular formula is C17H14O4. The first-order valence-electron chi connectivity index (χ1n) is 6.31. The number of benzene rings is 2. The number of carbonyl (C=O) groups excluding carboxylic acids is 1. The number of ether oxygens (including phenoxy) is 1. The van der Waals surface area contributed by atoms with Crippen LogP contribution in [-0.2, 0) is 4.74 Å². The van der Waals surface area contributed by atoms with Crippen molar-refractivity contribution in [3.63, 3.8) is 0 Å². The summed E-state index contributed by atoms with van der Waals surface area (Å²) in [5.41, 5.74) is 1.44. The Balaban J connectivity index is 2.48. The van der Waals surface area contributed by atoms with Crippen molar-refractivity contribution in [3.8, 4) is 0 Å². The second kappa shape index (κ2) is 6.52. The number of carboxylic acids is 1. The van der Waals surface area contributed by atoms with Crippen molar-refractivity contribution >= 4 is 24.1 Å². The van der Waals surface area contributed by atoms with Crippen molar-refractivity contribution in [1.82, 2.24) is 0 Å². The molecule has 0 amide bonds. The minimum atomic E-state index is -1.16. The van der Waals surface area contributed by atoms with Crippen molar-refractivity contribution in [1.29, 1.82) is 0 Å². The zero-order valence-electron chi connectivity index (χ0n) is 11.4. The Morgan fingerprint density at radius 3 is 2.33 bits per heavy atom. The summed E-state index contributed by atoms with van der Waals surface area (Å²) >= 11 is 0. The molecule has 0 atom stereocenters. The molecule has 0 saturated heterocycles. The standard InChI is InChI=1S/C17H14O4/c1-21-17(20)15-13(8-5-9-14(15)16(18)19)11-10-12-6-3-2-4-7-12/h2-11H,1H3,(H,18,19). The molecule has 2 aromatic rings. The summed E-state index contributed by atoms with van der Waals surface area (Å²) in [6, 6.07) is 14.2. The number of rotatable bonds is 4. The van der Waals surface area contributed by atoms with Crippen molar-refractivity contribution in [3.05, 3.63) is 70.8 Å². The molecule has 0 aliphatic heterocycles. The molecule has 4 heteroatoms. The summed E-state index contributed by atoms with van der Waals surface area (Å²) in [6.07, 6.45) is 3.52. The number of aromatic carboxylic acids is 1. The van der Waals surface area contributed by atoms with Gasteiger partial charge in [-0.3, -0.25) is 0 Å². The summed E-state index contributed by atoms with van der Waals surface area (Å²) in [6.45, 7) is 0. The van der Waals surface area contributed by atoms with Gasteiger partial charge in [-0.2, -0.15) is 0 Å². The van der Waals surface area contributed by atoms with Crippen molar-refractivity contribution in [2.45, 2.75) is 0 Å². The zero-order chi connectivity index (χ0) is 15.2. The maximum absolute atomic E-state index is 11.9. The second-order valence-corrected chi connectivity index (χ2v) is 4.31. The summed E-state index contributed by atoms with van der Waals surface area (Å²) in [5.74, 6) is -1.83. The Bertz CT molecular complexity index is 687. The molecule has 0 fully saturated rings. The second-order valence-electron chi connectivity index (χ2n) is 4.31. The van der Waals surface area contributed by atoms with Gasteiger partial charge >= 0.3 is 11.9 Å². The molecule has 0 radical (unpaired) electrons. The number of carboxylic acid groups (broad SMARTS) is 1. The largest absolute Gasteiger partial charge is 0.478 e. The highest BCUT2D eigenvalue weighted by Crippen LogP contribution is 2.19. The molecule has 2 rings (SSSR count). The molecule has 0 aliphatic rings. The SMILES string of the molecule is COC(=O)c1c(C=Cc2ccccc2)cccc1C(=O)O. The van der Waals surface area contributed by atoms with Crippen LogP contribution < -0.4 is 0 Å². The Hall–Kier alpha value is -2.88. The number of hydrogen-bond acceptors (Lipinski definition) is 3. The molecule has 21 heavy (non-hydrogen) atoms. The molecule has 4 nitrogen and oxygen atoms in total. The van der Waals surface area contributed by atoms with E-state index in [4.69, 9.17) is 0 Å². The van der Waals surface area contributed by atoms with Gasteiger partial charge in [-0.25, -0.2) is 9.59 Å². The van der Waals surface area contributed by atoms with Gasteiger partial charge in [0.25, 0.3) is 0 Å². The van der Waals surface area contributed by atoms with E-state index in [-0.39, 0.29) is 11.1 Å². The van der Waals surface area contributed by atoms with E-state index < -0.39 is 11.9 Å². The van der Waals surface area contributed by atoms with Crippen LogP contribution in [0.4, 0.5) is 0 Å². The Morgan fingerprint density at radius 1 is 1.00 bits per heavy atom. The van der Waals surface area contributed by atoms with Gasteiger partial charge in [0.2, 0.25) is 0 Å². The normalized spacial score (nSPS) is 10.5. The molecule has 1 N–H and O–H groups in total. The third kappa shape index (κ3) is 3.36. The van der Waals surface area contributed by atoms with E-state index in [1.807, 2.05) is 36.4 Å². The lowest BCUT2D eigenvalue weighted by atomic mass is 10.00. The van der Waals surface area contributed by atoms with Gasteiger partial charge in [0, 0.05) is 0 Å². The smallest absolute Gasteiger partial charge is 0.339 e. The lowest BCUT2D eigenvalue weighted by Gasteiger charge is -2.07. The molecule has 2 aromatic carbocycles. The number of hydrogen-bond donors (Lipinski definition) is 1. The Kier molecular flexibility index (Phi) is 4.51. The Labute approximate surface area is 122 Å². The van der Waals surface area contributed by atoms with E-state index in [2.05, 4.69) is 4.74 Å². The van der Waals surface area contributed by atoms with E-state index in [0.717, 1.165) is 5.56 Å². The first-order chi connectivity index (χ1) is 10.1. The van der Waals surface area contributed by atoms with Crippen LogP contribution >= 0.6 is 0 Å². The Morgan fingerprint density at radius 2 is 1.71 bits per heavy atom. The highest BCUT2D eigenvalue weighted by molar-refractivity contribution is 6.05. The summed E-state index contributed by atoms with van der Waals surface area (Å²) in [7, 11) is 1.23. The minimum Gasteiger partial charge on any atom is -0.478 e. The van der Waals surface area contributed by atoms with Gasteiger partial charge in [-0.15, -0.1) is 0 Å². The van der Waals surface area contributed by atoms with Gasteiger partial charge in [0.1, 0.15) is 0 Å². The van der Waals surface area contributed by atoms with Gasteiger partial charge in [0.05, 0.1) is 18.2 Å². The summed E-state index contributed by atoms with van der Waals surface area (Å²) < 4.78 is 4.68. The lowest BCUT2D eigenvalue weighted by molar-refractivity contribution is 0.0582. The predicted octanol–water partition coefficient (Wildman–Crippen LogP) is 3.34. The number of methoxy groups -OCH3 is 1. The van der Waals surface area contributed by atoms with Crippen LogP contribution in [0.1, 0.15) is 31.8 Å². The van der Waals surface area contributed by atoms with E-state index >= 15 is 0 Å². The van der Waals surface area contributed by atoms with Gasteiger partial charge in [-0.1, -0.05) is 54.6 Å². The molecular weight excluding hydrogens is 268 g/mol. The van der Waals surface area contributed by atoms with E-state index in [0.29, 0.717) is 5.56 Å². The fourth-order valence-corrected chi connectivity index (χ4v) is 1.97. The fourth-order valence-electron chi connectivity index (χ4n) is 1.97. The summed E-state index contributed by atoms with van der Waals surface area (Å²) in [4.78, 5) is 23.1. The molecule has 0 saturated carbocycles. The van der Waals surface area contributed by atoms with Crippen LogP contribution in [0.25, 0.3) is 12.2 Å². The van der Waals surface area contributed by atoms with Crippen LogP contribution in [0.15, 0.2) is 48.5 Å².